The smallest absolute Gasteiger partial charge is 0.133 e. The van der Waals surface area contributed by atoms with Crippen molar-refractivity contribution < 1.29 is 9.47 Å². The molecule has 0 aromatic heterocycles. The molecule has 112 valence electrons. The molecule has 0 aliphatic carbocycles. The van der Waals surface area contributed by atoms with E-state index in [0.717, 1.165) is 31.6 Å². The highest BCUT2D eigenvalue weighted by Crippen LogP contribution is 2.42. The van der Waals surface area contributed by atoms with E-state index >= 15 is 0 Å². The topological polar surface area (TPSA) is 18.5 Å². The number of hydrogen-bond donors (Lipinski definition) is 0. The Bertz CT molecular complexity index is 636. The molecule has 0 fully saturated rings. The number of hydrogen-bond acceptors (Lipinski definition) is 2. The lowest BCUT2D eigenvalue weighted by Crippen LogP contribution is -1.99. The summed E-state index contributed by atoms with van der Waals surface area (Å²) in [5, 5.41) is 0. The Morgan fingerprint density at radius 2 is 1.57 bits per heavy atom. The Balaban J connectivity index is 2.53. The average Bonchev–Trinajstić information content (AvgIpc) is 2.45. The van der Waals surface area contributed by atoms with Crippen molar-refractivity contribution in [2.45, 2.75) is 11.8 Å². The SMILES string of the molecule is COc1cc(C(Br)c2cc(C)cc(Br)c2)c(OC)cc1Br. The number of alkyl halides is 1. The second-order valence-corrected chi connectivity index (χ2v) is 7.34. The summed E-state index contributed by atoms with van der Waals surface area (Å²) >= 11 is 10.8. The molecule has 2 rings (SSSR count). The third-order valence-corrected chi connectivity index (χ3v) is 5.23. The van der Waals surface area contributed by atoms with Crippen LogP contribution in [0.1, 0.15) is 21.5 Å². The highest BCUT2D eigenvalue weighted by molar-refractivity contribution is 9.11. The van der Waals surface area contributed by atoms with Gasteiger partial charge in [0.1, 0.15) is 11.5 Å². The number of halogens is 3. The molecule has 5 heteroatoms. The van der Waals surface area contributed by atoms with Gasteiger partial charge in [0.25, 0.3) is 0 Å². The van der Waals surface area contributed by atoms with Crippen molar-refractivity contribution in [1.82, 2.24) is 0 Å². The summed E-state index contributed by atoms with van der Waals surface area (Å²) in [6.45, 7) is 2.08. The molecular weight excluding hydrogens is 464 g/mol. The van der Waals surface area contributed by atoms with E-state index in [2.05, 4.69) is 72.9 Å². The zero-order valence-corrected chi connectivity index (χ0v) is 16.7. The summed E-state index contributed by atoms with van der Waals surface area (Å²) in [7, 11) is 3.33. The Labute approximate surface area is 150 Å². The third kappa shape index (κ3) is 3.82. The lowest BCUT2D eigenvalue weighted by Gasteiger charge is -2.17. The normalized spacial score (nSPS) is 12.1. The lowest BCUT2D eigenvalue weighted by atomic mass is 10.0. The van der Waals surface area contributed by atoms with Crippen LogP contribution in [-0.4, -0.2) is 14.2 Å². The summed E-state index contributed by atoms with van der Waals surface area (Å²) in [6.07, 6.45) is 0. The Morgan fingerprint density at radius 3 is 2.14 bits per heavy atom. The molecule has 2 aromatic carbocycles. The van der Waals surface area contributed by atoms with Crippen molar-refractivity contribution in [2.75, 3.05) is 14.2 Å². The molecule has 0 bridgehead atoms. The predicted octanol–water partition coefficient (Wildman–Crippen LogP) is 6.02. The molecule has 2 nitrogen and oxygen atoms in total. The first-order valence-electron chi connectivity index (χ1n) is 6.29. The van der Waals surface area contributed by atoms with Gasteiger partial charge in [0.2, 0.25) is 0 Å². The zero-order chi connectivity index (χ0) is 15.6. The first kappa shape index (κ1) is 16.8. The van der Waals surface area contributed by atoms with Crippen LogP contribution in [0.15, 0.2) is 39.3 Å². The first-order chi connectivity index (χ1) is 9.96. The Hall–Kier alpha value is -0.520. The fourth-order valence-electron chi connectivity index (χ4n) is 2.17. The maximum atomic E-state index is 5.50. The van der Waals surface area contributed by atoms with E-state index in [4.69, 9.17) is 9.47 Å². The van der Waals surface area contributed by atoms with Gasteiger partial charge in [-0.25, -0.2) is 0 Å². The quantitative estimate of drug-likeness (QED) is 0.500. The molecule has 0 amide bonds. The average molecular weight is 479 g/mol. The van der Waals surface area contributed by atoms with E-state index in [1.165, 1.54) is 5.56 Å². The minimum atomic E-state index is 0.0191. The number of methoxy groups -OCH3 is 2. The van der Waals surface area contributed by atoms with Crippen LogP contribution in [0.2, 0.25) is 0 Å². The van der Waals surface area contributed by atoms with Crippen LogP contribution in [0.5, 0.6) is 11.5 Å². The summed E-state index contributed by atoms with van der Waals surface area (Å²) in [4.78, 5) is 0.0191. The van der Waals surface area contributed by atoms with Gasteiger partial charge in [-0.15, -0.1) is 0 Å². The van der Waals surface area contributed by atoms with E-state index < -0.39 is 0 Å². The van der Waals surface area contributed by atoms with Gasteiger partial charge in [-0.05, 0) is 58.2 Å². The van der Waals surface area contributed by atoms with Crippen molar-refractivity contribution >= 4 is 47.8 Å². The van der Waals surface area contributed by atoms with Crippen LogP contribution < -0.4 is 9.47 Å². The van der Waals surface area contributed by atoms with Gasteiger partial charge in [0, 0.05) is 10.0 Å². The maximum Gasteiger partial charge on any atom is 0.133 e. The van der Waals surface area contributed by atoms with Crippen molar-refractivity contribution in [3.05, 3.63) is 56.0 Å². The fourth-order valence-corrected chi connectivity index (χ4v) is 3.90. The molecular formula is C16H15Br3O2. The summed E-state index contributed by atoms with van der Waals surface area (Å²) in [5.41, 5.74) is 3.38. The molecule has 0 N–H and O–H groups in total. The van der Waals surface area contributed by atoms with Crippen molar-refractivity contribution in [2.24, 2.45) is 0 Å². The predicted molar refractivity (Wildman–Crippen MR) is 96.9 cm³/mol. The van der Waals surface area contributed by atoms with E-state index in [1.807, 2.05) is 12.1 Å². The monoisotopic (exact) mass is 476 g/mol. The number of rotatable bonds is 4. The highest BCUT2D eigenvalue weighted by atomic mass is 79.9. The number of ether oxygens (including phenoxy) is 2. The number of benzene rings is 2. The van der Waals surface area contributed by atoms with Gasteiger partial charge in [-0.2, -0.15) is 0 Å². The van der Waals surface area contributed by atoms with Crippen LogP contribution in [0.25, 0.3) is 0 Å². The van der Waals surface area contributed by atoms with Crippen molar-refractivity contribution in [3.8, 4) is 11.5 Å². The van der Waals surface area contributed by atoms with Crippen LogP contribution in [-0.2, 0) is 0 Å². The highest BCUT2D eigenvalue weighted by Gasteiger charge is 2.19. The van der Waals surface area contributed by atoms with Gasteiger partial charge in [-0.1, -0.05) is 37.9 Å². The van der Waals surface area contributed by atoms with E-state index in [1.54, 1.807) is 14.2 Å². The van der Waals surface area contributed by atoms with Crippen LogP contribution in [0, 0.1) is 6.92 Å². The summed E-state index contributed by atoms with van der Waals surface area (Å²) in [5.74, 6) is 1.59. The Morgan fingerprint density at radius 1 is 0.905 bits per heavy atom. The maximum absolute atomic E-state index is 5.50. The molecule has 0 aliphatic heterocycles. The third-order valence-electron chi connectivity index (χ3n) is 3.13. The summed E-state index contributed by atoms with van der Waals surface area (Å²) in [6, 6.07) is 10.2. The van der Waals surface area contributed by atoms with Gasteiger partial charge < -0.3 is 9.47 Å². The number of aryl methyl sites for hydroxylation is 1. The van der Waals surface area contributed by atoms with Crippen molar-refractivity contribution in [3.63, 3.8) is 0 Å². The van der Waals surface area contributed by atoms with Gasteiger partial charge in [0.15, 0.2) is 0 Å². The van der Waals surface area contributed by atoms with Gasteiger partial charge in [-0.3, -0.25) is 0 Å². The second kappa shape index (κ2) is 7.16. The van der Waals surface area contributed by atoms with Crippen molar-refractivity contribution in [1.29, 1.82) is 0 Å². The lowest BCUT2D eigenvalue weighted by molar-refractivity contribution is 0.397. The Kier molecular flexibility index (Phi) is 5.74. The molecule has 0 saturated carbocycles. The molecule has 0 heterocycles. The largest absolute Gasteiger partial charge is 0.496 e. The molecule has 0 aliphatic rings. The van der Waals surface area contributed by atoms with Crippen LogP contribution in [0.3, 0.4) is 0 Å². The second-order valence-electron chi connectivity index (χ2n) is 4.65. The molecule has 0 spiro atoms. The molecule has 1 atom stereocenters. The van der Waals surface area contributed by atoms with E-state index in [9.17, 15) is 0 Å². The molecule has 21 heavy (non-hydrogen) atoms. The van der Waals surface area contributed by atoms with Gasteiger partial charge in [0.05, 0.1) is 23.5 Å². The van der Waals surface area contributed by atoms with Gasteiger partial charge >= 0.3 is 0 Å². The minimum Gasteiger partial charge on any atom is -0.496 e. The molecule has 1 unspecified atom stereocenters. The molecule has 2 aromatic rings. The first-order valence-corrected chi connectivity index (χ1v) is 8.79. The van der Waals surface area contributed by atoms with Crippen LogP contribution >= 0.6 is 47.8 Å². The molecule has 0 saturated heterocycles. The standard InChI is InChI=1S/C16H15Br3O2/c1-9-4-10(6-11(17)5-9)16(19)12-7-15(21-3)13(18)8-14(12)20-2/h4-8,16H,1-3H3. The van der Waals surface area contributed by atoms with E-state index in [0.29, 0.717) is 0 Å². The minimum absolute atomic E-state index is 0.0191. The molecule has 0 radical (unpaired) electrons. The fraction of sp³-hybridized carbons (Fsp3) is 0.250. The summed E-state index contributed by atoms with van der Waals surface area (Å²) < 4.78 is 12.8. The van der Waals surface area contributed by atoms with Crippen LogP contribution in [0.4, 0.5) is 0 Å². The van der Waals surface area contributed by atoms with E-state index in [-0.39, 0.29) is 4.83 Å². The zero-order valence-electron chi connectivity index (χ0n) is 11.9.